The molecule has 9 heteroatoms. The number of hydrogen-bond acceptors (Lipinski definition) is 4. The van der Waals surface area contributed by atoms with Gasteiger partial charge in [-0.1, -0.05) is 15.9 Å². The van der Waals surface area contributed by atoms with E-state index in [2.05, 4.69) is 31.7 Å². The summed E-state index contributed by atoms with van der Waals surface area (Å²) >= 11 is 3.30. The predicted molar refractivity (Wildman–Crippen MR) is 97.1 cm³/mol. The molecule has 1 fully saturated rings. The molecule has 4 N–H and O–H groups in total. The largest absolute Gasteiger partial charge is 0.398 e. The number of nitrogens with one attached hydrogen (secondary N) is 2. The highest BCUT2D eigenvalue weighted by Gasteiger charge is 2.23. The summed E-state index contributed by atoms with van der Waals surface area (Å²) in [4.78, 5) is 23.9. The highest BCUT2D eigenvalue weighted by molar-refractivity contribution is 9.10. The number of carbonyl (C=O) groups excluding carboxylic acids is 2. The molecule has 3 rings (SSSR count). The first kappa shape index (κ1) is 18.3. The molecular formula is C15H17BrClN5O2. The second-order valence-electron chi connectivity index (χ2n) is 5.45. The first-order valence-electron chi connectivity index (χ1n) is 7.19. The average Bonchev–Trinajstić information content (AvgIpc) is 3.18. The number of hydrogen-bond donors (Lipinski definition) is 3. The summed E-state index contributed by atoms with van der Waals surface area (Å²) in [5, 5.41) is 9.67. The second kappa shape index (κ2) is 7.67. The number of rotatable bonds is 5. The van der Waals surface area contributed by atoms with Gasteiger partial charge in [0.15, 0.2) is 0 Å². The third-order valence-electron chi connectivity index (χ3n) is 3.40. The van der Waals surface area contributed by atoms with Crippen LogP contribution in [-0.4, -0.2) is 27.6 Å². The van der Waals surface area contributed by atoms with Crippen LogP contribution in [0.1, 0.15) is 23.2 Å². The van der Waals surface area contributed by atoms with Gasteiger partial charge >= 0.3 is 0 Å². The van der Waals surface area contributed by atoms with Crippen molar-refractivity contribution < 1.29 is 9.59 Å². The van der Waals surface area contributed by atoms with E-state index in [0.29, 0.717) is 23.0 Å². The van der Waals surface area contributed by atoms with Crippen LogP contribution in [0.2, 0.25) is 0 Å². The normalized spacial score (nSPS) is 13.0. The smallest absolute Gasteiger partial charge is 0.257 e. The van der Waals surface area contributed by atoms with Crippen LogP contribution in [0.4, 0.5) is 11.4 Å². The predicted octanol–water partition coefficient (Wildman–Crippen LogP) is 2.18. The summed E-state index contributed by atoms with van der Waals surface area (Å²) in [5.74, 6) is -0.400. The zero-order valence-corrected chi connectivity index (χ0v) is 15.1. The van der Waals surface area contributed by atoms with Gasteiger partial charge < -0.3 is 16.4 Å². The molecule has 0 saturated heterocycles. The Morgan fingerprint density at radius 2 is 2.12 bits per heavy atom. The van der Waals surface area contributed by atoms with Crippen molar-refractivity contribution in [1.29, 1.82) is 0 Å². The fraction of sp³-hybridized carbons (Fsp3) is 0.267. The maximum atomic E-state index is 12.2. The van der Waals surface area contributed by atoms with Gasteiger partial charge in [-0.15, -0.1) is 12.4 Å². The third kappa shape index (κ3) is 4.72. The number of aromatic nitrogens is 2. The van der Waals surface area contributed by atoms with Crippen molar-refractivity contribution in [3.05, 3.63) is 40.6 Å². The molecule has 0 bridgehead atoms. The van der Waals surface area contributed by atoms with E-state index in [4.69, 9.17) is 5.73 Å². The van der Waals surface area contributed by atoms with Crippen molar-refractivity contribution in [1.82, 2.24) is 15.1 Å². The lowest BCUT2D eigenvalue weighted by atomic mass is 10.1. The monoisotopic (exact) mass is 413 g/mol. The molecule has 1 aromatic heterocycles. The molecule has 1 aliphatic carbocycles. The van der Waals surface area contributed by atoms with Gasteiger partial charge in [-0.3, -0.25) is 14.3 Å². The molecule has 2 amide bonds. The van der Waals surface area contributed by atoms with Crippen LogP contribution < -0.4 is 16.4 Å². The fourth-order valence-corrected chi connectivity index (χ4v) is 2.48. The van der Waals surface area contributed by atoms with Gasteiger partial charge in [0.1, 0.15) is 6.54 Å². The quantitative estimate of drug-likeness (QED) is 0.653. The van der Waals surface area contributed by atoms with Crippen LogP contribution in [0.3, 0.4) is 0 Å². The fourth-order valence-electron chi connectivity index (χ4n) is 2.10. The molecule has 7 nitrogen and oxygen atoms in total. The molecule has 2 aromatic rings. The second-order valence-corrected chi connectivity index (χ2v) is 6.37. The van der Waals surface area contributed by atoms with Gasteiger partial charge in [-0.2, -0.15) is 5.10 Å². The molecule has 0 unspecified atom stereocenters. The van der Waals surface area contributed by atoms with E-state index in [1.54, 1.807) is 24.4 Å². The number of carbonyl (C=O) groups is 2. The Kier molecular flexibility index (Phi) is 5.84. The molecule has 0 aliphatic heterocycles. The molecule has 128 valence electrons. The minimum atomic E-state index is -0.322. The zero-order valence-electron chi connectivity index (χ0n) is 12.7. The van der Waals surface area contributed by atoms with Crippen LogP contribution in [0, 0.1) is 0 Å². The Labute approximate surface area is 153 Å². The molecule has 1 aromatic carbocycles. The van der Waals surface area contributed by atoms with E-state index in [0.717, 1.165) is 17.3 Å². The number of anilines is 2. The van der Waals surface area contributed by atoms with Crippen molar-refractivity contribution in [3.63, 3.8) is 0 Å². The summed E-state index contributed by atoms with van der Waals surface area (Å²) in [6.45, 7) is 0.132. The van der Waals surface area contributed by atoms with Gasteiger partial charge in [0.05, 0.1) is 17.4 Å². The van der Waals surface area contributed by atoms with E-state index < -0.39 is 0 Å². The van der Waals surface area contributed by atoms with E-state index in [9.17, 15) is 9.59 Å². The molecule has 1 heterocycles. The van der Waals surface area contributed by atoms with Crippen molar-refractivity contribution in [2.75, 3.05) is 11.1 Å². The van der Waals surface area contributed by atoms with Gasteiger partial charge in [0, 0.05) is 22.4 Å². The number of nitrogens with two attached hydrogens (primary N) is 1. The molecular weight excluding hydrogens is 398 g/mol. The average molecular weight is 415 g/mol. The minimum absolute atomic E-state index is 0. The zero-order chi connectivity index (χ0) is 16.4. The summed E-state index contributed by atoms with van der Waals surface area (Å²) in [6.07, 6.45) is 5.19. The molecule has 1 saturated carbocycles. The van der Waals surface area contributed by atoms with Crippen LogP contribution in [0.5, 0.6) is 0 Å². The van der Waals surface area contributed by atoms with Gasteiger partial charge in [0.25, 0.3) is 5.91 Å². The van der Waals surface area contributed by atoms with E-state index in [1.165, 1.54) is 10.9 Å². The Balaban J connectivity index is 0.00000208. The number of nitrogens with zero attached hydrogens (tertiary/aromatic N) is 2. The van der Waals surface area contributed by atoms with E-state index in [1.807, 2.05) is 0 Å². The molecule has 0 spiro atoms. The van der Waals surface area contributed by atoms with Gasteiger partial charge in [-0.05, 0) is 31.0 Å². The Morgan fingerprint density at radius 3 is 2.79 bits per heavy atom. The summed E-state index contributed by atoms with van der Waals surface area (Å²) in [7, 11) is 0. The lowest BCUT2D eigenvalue weighted by molar-refractivity contribution is -0.122. The maximum absolute atomic E-state index is 12.2. The summed E-state index contributed by atoms with van der Waals surface area (Å²) in [6, 6.07) is 5.37. The van der Waals surface area contributed by atoms with Gasteiger partial charge in [0.2, 0.25) is 5.91 Å². The maximum Gasteiger partial charge on any atom is 0.257 e. The van der Waals surface area contributed by atoms with Crippen LogP contribution >= 0.6 is 28.3 Å². The molecule has 1 aliphatic rings. The summed E-state index contributed by atoms with van der Waals surface area (Å²) in [5.41, 5.74) is 7.11. The molecule has 0 atom stereocenters. The van der Waals surface area contributed by atoms with Crippen LogP contribution in [-0.2, 0) is 11.3 Å². The number of benzene rings is 1. The van der Waals surface area contributed by atoms with E-state index in [-0.39, 0.29) is 30.8 Å². The molecule has 24 heavy (non-hydrogen) atoms. The number of halogens is 2. The highest BCUT2D eigenvalue weighted by Crippen LogP contribution is 2.20. The summed E-state index contributed by atoms with van der Waals surface area (Å²) < 4.78 is 2.29. The molecule has 0 radical (unpaired) electrons. The van der Waals surface area contributed by atoms with Gasteiger partial charge in [-0.25, -0.2) is 0 Å². The number of amides is 2. The minimum Gasteiger partial charge on any atom is -0.398 e. The third-order valence-corrected chi connectivity index (χ3v) is 3.89. The van der Waals surface area contributed by atoms with Crippen molar-refractivity contribution in [2.24, 2.45) is 0 Å². The number of nitrogen functional groups attached to an aromatic ring is 1. The van der Waals surface area contributed by atoms with Crippen molar-refractivity contribution in [3.8, 4) is 0 Å². The Bertz CT molecular complexity index is 760. The lowest BCUT2D eigenvalue weighted by Crippen LogP contribution is -2.29. The lowest BCUT2D eigenvalue weighted by Gasteiger charge is -2.06. The van der Waals surface area contributed by atoms with E-state index >= 15 is 0 Å². The first-order chi connectivity index (χ1) is 11.0. The Hall–Kier alpha value is -2.06. The SMILES string of the molecule is Cl.Nc1cc(Br)ccc1C(=O)Nc1cnn(CC(=O)NC2CC2)c1. The Morgan fingerprint density at radius 1 is 1.38 bits per heavy atom. The highest BCUT2D eigenvalue weighted by atomic mass is 79.9. The van der Waals surface area contributed by atoms with Crippen molar-refractivity contribution in [2.45, 2.75) is 25.4 Å². The van der Waals surface area contributed by atoms with Crippen LogP contribution in [0.15, 0.2) is 35.1 Å². The van der Waals surface area contributed by atoms with Crippen molar-refractivity contribution >= 4 is 51.5 Å². The standard InChI is InChI=1S/C15H16BrN5O2.ClH/c16-9-1-4-12(13(17)5-9)15(23)20-11-6-18-21(7-11)8-14(22)19-10-2-3-10;/h1,4-7,10H,2-3,8,17H2,(H,19,22)(H,20,23);1H. The first-order valence-corrected chi connectivity index (χ1v) is 7.99. The topological polar surface area (TPSA) is 102 Å². The van der Waals surface area contributed by atoms with Crippen LogP contribution in [0.25, 0.3) is 0 Å².